The second-order valence-corrected chi connectivity index (χ2v) is 5.00. The Morgan fingerprint density at radius 1 is 1.58 bits per heavy atom. The molecule has 104 valence electrons. The second-order valence-electron chi connectivity index (χ2n) is 5.00. The lowest BCUT2D eigenvalue weighted by molar-refractivity contribution is 0.0384. The number of nitrogens with two attached hydrogens (primary N) is 1. The van der Waals surface area contributed by atoms with Crippen LogP contribution in [0.3, 0.4) is 0 Å². The van der Waals surface area contributed by atoms with Crippen LogP contribution in [0.15, 0.2) is 6.07 Å². The molecule has 1 aliphatic heterocycles. The highest BCUT2D eigenvalue weighted by Crippen LogP contribution is 2.26. The molecule has 19 heavy (non-hydrogen) atoms. The highest BCUT2D eigenvalue weighted by Gasteiger charge is 2.23. The van der Waals surface area contributed by atoms with E-state index in [0.717, 1.165) is 48.8 Å². The summed E-state index contributed by atoms with van der Waals surface area (Å²) in [5.41, 5.74) is 9.27. The van der Waals surface area contributed by atoms with Crippen LogP contribution < -0.4 is 10.6 Å². The molecule has 1 unspecified atom stereocenters. The smallest absolute Gasteiger partial charge is 0.126 e. The molecule has 1 fully saturated rings. The number of hydrogen-bond donors (Lipinski definition) is 2. The summed E-state index contributed by atoms with van der Waals surface area (Å²) in [6, 6.07) is 2.02. The Hall–Kier alpha value is -1.62. The zero-order chi connectivity index (χ0) is 14.0. The van der Waals surface area contributed by atoms with Gasteiger partial charge >= 0.3 is 0 Å². The summed E-state index contributed by atoms with van der Waals surface area (Å²) in [6.07, 6.45) is 1.25. The van der Waals surface area contributed by atoms with Crippen molar-refractivity contribution in [3.63, 3.8) is 0 Å². The molecule has 2 rings (SSSR count). The molecule has 2 heterocycles. The maximum absolute atomic E-state index is 7.78. The van der Waals surface area contributed by atoms with Gasteiger partial charge in [0.05, 0.1) is 29.7 Å². The molecule has 0 saturated carbocycles. The fourth-order valence-corrected chi connectivity index (χ4v) is 2.58. The molecule has 5 nitrogen and oxygen atoms in total. The topological polar surface area (TPSA) is 75.2 Å². The molecule has 3 N–H and O–H groups in total. The Balaban J connectivity index is 2.40. The SMILES string of the molecule is CCC1CN(c2cc(C)nc(C)c2C(=N)N)CCO1. The van der Waals surface area contributed by atoms with Crippen molar-refractivity contribution in [3.8, 4) is 0 Å². The van der Waals surface area contributed by atoms with Crippen LogP contribution in [0.2, 0.25) is 0 Å². The summed E-state index contributed by atoms with van der Waals surface area (Å²) in [6.45, 7) is 8.40. The van der Waals surface area contributed by atoms with Crippen molar-refractivity contribution in [3.05, 3.63) is 23.0 Å². The highest BCUT2D eigenvalue weighted by atomic mass is 16.5. The number of anilines is 1. The number of nitrogens with one attached hydrogen (secondary N) is 1. The van der Waals surface area contributed by atoms with Gasteiger partial charge in [0.1, 0.15) is 5.84 Å². The van der Waals surface area contributed by atoms with E-state index in [0.29, 0.717) is 0 Å². The van der Waals surface area contributed by atoms with Gasteiger partial charge in [-0.05, 0) is 26.3 Å². The number of aromatic nitrogens is 1. The van der Waals surface area contributed by atoms with Crippen molar-refractivity contribution in [2.75, 3.05) is 24.6 Å². The molecule has 5 heteroatoms. The van der Waals surface area contributed by atoms with Crippen LogP contribution in [-0.4, -0.2) is 36.6 Å². The van der Waals surface area contributed by atoms with Crippen LogP contribution in [-0.2, 0) is 4.74 Å². The molecule has 1 saturated heterocycles. The maximum atomic E-state index is 7.78. The van der Waals surface area contributed by atoms with E-state index in [1.165, 1.54) is 0 Å². The fourth-order valence-electron chi connectivity index (χ4n) is 2.58. The normalized spacial score (nSPS) is 19.5. The van der Waals surface area contributed by atoms with Gasteiger partial charge in [0.25, 0.3) is 0 Å². The first-order valence-electron chi connectivity index (χ1n) is 6.72. The molecule has 1 atom stereocenters. The van der Waals surface area contributed by atoms with E-state index >= 15 is 0 Å². The van der Waals surface area contributed by atoms with Crippen molar-refractivity contribution in [1.82, 2.24) is 4.98 Å². The number of hydrogen-bond acceptors (Lipinski definition) is 4. The minimum atomic E-state index is 0.0829. The number of nitrogens with zero attached hydrogens (tertiary/aromatic N) is 2. The Labute approximate surface area is 114 Å². The van der Waals surface area contributed by atoms with E-state index in [9.17, 15) is 0 Å². The van der Waals surface area contributed by atoms with Crippen LogP contribution in [0.4, 0.5) is 5.69 Å². The number of morpholine rings is 1. The van der Waals surface area contributed by atoms with Crippen LogP contribution in [0.1, 0.15) is 30.3 Å². The van der Waals surface area contributed by atoms with Gasteiger partial charge in [0.2, 0.25) is 0 Å². The lowest BCUT2D eigenvalue weighted by Crippen LogP contribution is -2.43. The monoisotopic (exact) mass is 262 g/mol. The van der Waals surface area contributed by atoms with Gasteiger partial charge in [0.15, 0.2) is 0 Å². The largest absolute Gasteiger partial charge is 0.384 e. The Morgan fingerprint density at radius 3 is 2.95 bits per heavy atom. The quantitative estimate of drug-likeness (QED) is 0.641. The maximum Gasteiger partial charge on any atom is 0.126 e. The Morgan fingerprint density at radius 2 is 2.32 bits per heavy atom. The zero-order valence-corrected chi connectivity index (χ0v) is 11.9. The molecule has 0 amide bonds. The standard InChI is InChI=1S/C14H22N4O/c1-4-11-8-18(5-6-19-11)12-7-9(2)17-10(3)13(12)14(15)16/h7,11H,4-6,8H2,1-3H3,(H3,15,16). The van der Waals surface area contributed by atoms with Crippen molar-refractivity contribution in [2.45, 2.75) is 33.3 Å². The van der Waals surface area contributed by atoms with Crippen LogP contribution >= 0.6 is 0 Å². The molecule has 0 aliphatic carbocycles. The van der Waals surface area contributed by atoms with E-state index in [1.54, 1.807) is 0 Å². The van der Waals surface area contributed by atoms with E-state index in [1.807, 2.05) is 19.9 Å². The second kappa shape index (κ2) is 5.57. The average molecular weight is 262 g/mol. The third-order valence-corrected chi connectivity index (χ3v) is 3.51. The summed E-state index contributed by atoms with van der Waals surface area (Å²) in [5, 5.41) is 7.78. The van der Waals surface area contributed by atoms with Gasteiger partial charge in [-0.25, -0.2) is 0 Å². The molecule has 1 aromatic rings. The van der Waals surface area contributed by atoms with Gasteiger partial charge in [-0.3, -0.25) is 10.4 Å². The minimum Gasteiger partial charge on any atom is -0.384 e. The van der Waals surface area contributed by atoms with Gasteiger partial charge in [0, 0.05) is 18.8 Å². The van der Waals surface area contributed by atoms with Crippen LogP contribution in [0, 0.1) is 19.3 Å². The summed E-state index contributed by atoms with van der Waals surface area (Å²) in [4.78, 5) is 6.67. The number of pyridine rings is 1. The first kappa shape index (κ1) is 13.8. The number of amidine groups is 1. The van der Waals surface area contributed by atoms with E-state index in [-0.39, 0.29) is 11.9 Å². The lowest BCUT2D eigenvalue weighted by atomic mass is 10.1. The first-order chi connectivity index (χ1) is 9.02. The van der Waals surface area contributed by atoms with Crippen molar-refractivity contribution >= 4 is 11.5 Å². The van der Waals surface area contributed by atoms with Gasteiger partial charge < -0.3 is 15.4 Å². The summed E-state index contributed by atoms with van der Waals surface area (Å²) >= 11 is 0. The lowest BCUT2D eigenvalue weighted by Gasteiger charge is -2.35. The average Bonchev–Trinajstić information content (AvgIpc) is 2.37. The van der Waals surface area contributed by atoms with Crippen molar-refractivity contribution < 1.29 is 4.74 Å². The summed E-state index contributed by atoms with van der Waals surface area (Å²) in [7, 11) is 0. The molecule has 0 bridgehead atoms. The highest BCUT2D eigenvalue weighted by molar-refractivity contribution is 6.01. The number of nitrogen functional groups attached to an aromatic ring is 1. The van der Waals surface area contributed by atoms with Crippen molar-refractivity contribution in [1.29, 1.82) is 5.41 Å². The Bertz CT molecular complexity index is 487. The molecular formula is C14H22N4O. The predicted molar refractivity (Wildman–Crippen MR) is 77.0 cm³/mol. The third kappa shape index (κ3) is 2.87. The van der Waals surface area contributed by atoms with E-state index in [4.69, 9.17) is 15.9 Å². The molecule has 1 aliphatic rings. The molecule has 0 aromatic carbocycles. The Kier molecular flexibility index (Phi) is 4.04. The van der Waals surface area contributed by atoms with E-state index in [2.05, 4.69) is 16.8 Å². The van der Waals surface area contributed by atoms with Gasteiger partial charge in [-0.15, -0.1) is 0 Å². The fraction of sp³-hybridized carbons (Fsp3) is 0.571. The van der Waals surface area contributed by atoms with Crippen molar-refractivity contribution in [2.24, 2.45) is 5.73 Å². The summed E-state index contributed by atoms with van der Waals surface area (Å²) < 4.78 is 5.70. The minimum absolute atomic E-state index is 0.0829. The molecule has 0 spiro atoms. The number of aryl methyl sites for hydroxylation is 2. The van der Waals surface area contributed by atoms with Gasteiger partial charge in [-0.2, -0.15) is 0 Å². The summed E-state index contributed by atoms with van der Waals surface area (Å²) in [5.74, 6) is 0.0829. The number of ether oxygens (including phenoxy) is 1. The van der Waals surface area contributed by atoms with Crippen LogP contribution in [0.5, 0.6) is 0 Å². The number of rotatable bonds is 3. The van der Waals surface area contributed by atoms with Crippen LogP contribution in [0.25, 0.3) is 0 Å². The molecule has 0 radical (unpaired) electrons. The molecular weight excluding hydrogens is 240 g/mol. The molecule has 1 aromatic heterocycles. The predicted octanol–water partition coefficient (Wildman–Crippen LogP) is 1.60. The zero-order valence-electron chi connectivity index (χ0n) is 11.9. The third-order valence-electron chi connectivity index (χ3n) is 3.51. The first-order valence-corrected chi connectivity index (χ1v) is 6.72. The van der Waals surface area contributed by atoms with E-state index < -0.39 is 0 Å². The van der Waals surface area contributed by atoms with Gasteiger partial charge in [-0.1, -0.05) is 6.92 Å².